The smallest absolute Gasteiger partial charge is 0.160 e. The van der Waals surface area contributed by atoms with E-state index in [0.717, 1.165) is 4.21 Å². The van der Waals surface area contributed by atoms with E-state index >= 15 is 0 Å². The predicted octanol–water partition coefficient (Wildman–Crippen LogP) is 3.89. The molecule has 0 bridgehead atoms. The van der Waals surface area contributed by atoms with Gasteiger partial charge in [-0.2, -0.15) is 0 Å². The van der Waals surface area contributed by atoms with Crippen LogP contribution in [0.3, 0.4) is 0 Å². The van der Waals surface area contributed by atoms with Gasteiger partial charge in [0.25, 0.3) is 0 Å². The van der Waals surface area contributed by atoms with Crippen LogP contribution in [0.25, 0.3) is 0 Å². The van der Waals surface area contributed by atoms with Gasteiger partial charge in [-0.15, -0.1) is 11.3 Å². The summed E-state index contributed by atoms with van der Waals surface area (Å²) in [5, 5.41) is 3.60. The van der Waals surface area contributed by atoms with Crippen molar-refractivity contribution in [3.63, 3.8) is 0 Å². The zero-order valence-corrected chi connectivity index (χ0v) is 11.1. The highest BCUT2D eigenvalue weighted by atomic mass is 35.5. The molecule has 0 atom stereocenters. The van der Waals surface area contributed by atoms with E-state index < -0.39 is 0 Å². The molecule has 0 saturated heterocycles. The van der Waals surface area contributed by atoms with Gasteiger partial charge >= 0.3 is 0 Å². The number of hydrazine groups is 1. The van der Waals surface area contributed by atoms with Gasteiger partial charge in [-0.05, 0) is 17.5 Å². The van der Waals surface area contributed by atoms with Crippen LogP contribution in [-0.2, 0) is 0 Å². The highest BCUT2D eigenvalue weighted by Crippen LogP contribution is 2.37. The number of rotatable bonds is 3. The molecule has 0 radical (unpaired) electrons. The van der Waals surface area contributed by atoms with Crippen molar-refractivity contribution in [1.82, 2.24) is 4.98 Å². The lowest BCUT2D eigenvalue weighted by molar-refractivity contribution is 1.11. The maximum atomic E-state index is 6.04. The Labute approximate surface area is 111 Å². The molecular formula is C9H7Cl2N3S2. The van der Waals surface area contributed by atoms with Crippen LogP contribution in [0.5, 0.6) is 0 Å². The Morgan fingerprint density at radius 3 is 2.81 bits per heavy atom. The molecule has 7 heteroatoms. The quantitative estimate of drug-likeness (QED) is 0.665. The molecule has 3 N–H and O–H groups in total. The van der Waals surface area contributed by atoms with Crippen LogP contribution in [0.4, 0.5) is 5.82 Å². The first kappa shape index (κ1) is 12.0. The van der Waals surface area contributed by atoms with E-state index in [1.54, 1.807) is 17.4 Å². The number of anilines is 1. The molecule has 2 aromatic heterocycles. The minimum atomic E-state index is 0.406. The van der Waals surface area contributed by atoms with Crippen molar-refractivity contribution in [1.29, 1.82) is 0 Å². The van der Waals surface area contributed by atoms with Crippen molar-refractivity contribution < 1.29 is 0 Å². The lowest BCUT2D eigenvalue weighted by Crippen LogP contribution is -2.09. The molecule has 84 valence electrons. The number of nitrogens with zero attached hydrogens (tertiary/aromatic N) is 1. The molecule has 0 saturated carbocycles. The first-order valence-electron chi connectivity index (χ1n) is 4.24. The van der Waals surface area contributed by atoms with Crippen LogP contribution in [0, 0.1) is 0 Å². The Kier molecular flexibility index (Phi) is 3.94. The lowest BCUT2D eigenvalue weighted by Gasteiger charge is -2.06. The monoisotopic (exact) mass is 291 g/mol. The molecule has 2 rings (SSSR count). The van der Waals surface area contributed by atoms with E-state index in [4.69, 9.17) is 29.0 Å². The second-order valence-electron chi connectivity index (χ2n) is 2.78. The van der Waals surface area contributed by atoms with Crippen molar-refractivity contribution in [2.75, 3.05) is 5.43 Å². The number of hydrogen-bond donors (Lipinski definition) is 2. The maximum Gasteiger partial charge on any atom is 0.160 e. The number of thiophene rings is 1. The topological polar surface area (TPSA) is 50.9 Å². The zero-order chi connectivity index (χ0) is 11.5. The van der Waals surface area contributed by atoms with Gasteiger partial charge in [0, 0.05) is 0 Å². The molecule has 3 nitrogen and oxygen atoms in total. The van der Waals surface area contributed by atoms with Crippen LogP contribution in [0.15, 0.2) is 32.8 Å². The van der Waals surface area contributed by atoms with Gasteiger partial charge in [0.2, 0.25) is 0 Å². The molecule has 0 unspecified atom stereocenters. The molecule has 0 aliphatic rings. The molecular weight excluding hydrogens is 285 g/mol. The minimum absolute atomic E-state index is 0.406. The number of nitrogen functional groups attached to an aromatic ring is 1. The average Bonchev–Trinajstić information content (AvgIpc) is 2.75. The second kappa shape index (κ2) is 5.25. The maximum absolute atomic E-state index is 6.04. The van der Waals surface area contributed by atoms with Crippen molar-refractivity contribution in [2.45, 2.75) is 9.24 Å². The Morgan fingerprint density at radius 1 is 1.38 bits per heavy atom. The molecule has 0 aliphatic carbocycles. The van der Waals surface area contributed by atoms with Gasteiger partial charge in [-0.1, -0.05) is 41.0 Å². The van der Waals surface area contributed by atoms with Crippen molar-refractivity contribution in [3.05, 3.63) is 33.6 Å². The van der Waals surface area contributed by atoms with Gasteiger partial charge in [-0.3, -0.25) is 0 Å². The molecule has 2 aromatic rings. The van der Waals surface area contributed by atoms with Crippen molar-refractivity contribution >= 4 is 52.1 Å². The number of nitrogens with one attached hydrogen (secondary N) is 1. The summed E-state index contributed by atoms with van der Waals surface area (Å²) in [5.41, 5.74) is 2.43. The van der Waals surface area contributed by atoms with Crippen LogP contribution in [-0.4, -0.2) is 4.98 Å². The molecule has 0 aliphatic heterocycles. The van der Waals surface area contributed by atoms with Gasteiger partial charge in [0.05, 0.1) is 14.3 Å². The van der Waals surface area contributed by atoms with E-state index in [1.807, 2.05) is 17.5 Å². The zero-order valence-electron chi connectivity index (χ0n) is 7.91. The summed E-state index contributed by atoms with van der Waals surface area (Å²) in [4.78, 5) is 4.23. The third-order valence-corrected chi connectivity index (χ3v) is 4.46. The molecule has 16 heavy (non-hydrogen) atoms. The van der Waals surface area contributed by atoms with Crippen molar-refractivity contribution in [2.24, 2.45) is 5.84 Å². The van der Waals surface area contributed by atoms with Gasteiger partial charge in [0.15, 0.2) is 5.82 Å². The largest absolute Gasteiger partial charge is 0.307 e. The van der Waals surface area contributed by atoms with Gasteiger partial charge < -0.3 is 5.43 Å². The number of aromatic nitrogens is 1. The normalized spacial score (nSPS) is 10.4. The first-order valence-corrected chi connectivity index (χ1v) is 6.70. The van der Waals surface area contributed by atoms with Crippen LogP contribution in [0.2, 0.25) is 10.0 Å². The molecule has 2 heterocycles. The summed E-state index contributed by atoms with van der Waals surface area (Å²) < 4.78 is 1.11. The van der Waals surface area contributed by atoms with Crippen LogP contribution in [0.1, 0.15) is 0 Å². The fourth-order valence-corrected chi connectivity index (χ4v) is 3.24. The average molecular weight is 292 g/mol. The lowest BCUT2D eigenvalue weighted by atomic mass is 10.4. The van der Waals surface area contributed by atoms with Crippen molar-refractivity contribution in [3.8, 4) is 0 Å². The van der Waals surface area contributed by atoms with E-state index in [2.05, 4.69) is 10.4 Å². The number of pyridine rings is 1. The van der Waals surface area contributed by atoms with Crippen LogP contribution >= 0.6 is 46.3 Å². The SMILES string of the molecule is NNc1nc(Sc2cccs2)c(Cl)cc1Cl. The van der Waals surface area contributed by atoms with Crippen LogP contribution < -0.4 is 11.3 Å². The second-order valence-corrected chi connectivity index (χ2v) is 5.84. The predicted molar refractivity (Wildman–Crippen MR) is 70.5 cm³/mol. The standard InChI is InChI=1S/C9H7Cl2N3S2/c10-5-4-6(11)9(13-8(5)14-12)16-7-2-1-3-15-7/h1-4H,12H2,(H,13,14). The summed E-state index contributed by atoms with van der Waals surface area (Å²) in [6.45, 7) is 0. The third-order valence-electron chi connectivity index (χ3n) is 1.73. The Morgan fingerprint density at radius 2 is 2.19 bits per heavy atom. The summed E-state index contributed by atoms with van der Waals surface area (Å²) in [6, 6.07) is 5.59. The van der Waals surface area contributed by atoms with E-state index in [9.17, 15) is 0 Å². The molecule has 0 spiro atoms. The first-order chi connectivity index (χ1) is 7.70. The minimum Gasteiger partial charge on any atom is -0.307 e. The summed E-state index contributed by atoms with van der Waals surface area (Å²) in [5.74, 6) is 5.72. The molecule has 0 fully saturated rings. The Balaban J connectivity index is 2.33. The number of nitrogens with two attached hydrogens (primary N) is 1. The number of hydrogen-bond acceptors (Lipinski definition) is 5. The molecule has 0 amide bonds. The number of halogens is 2. The van der Waals surface area contributed by atoms with Gasteiger partial charge in [-0.25, -0.2) is 10.8 Å². The Bertz CT molecular complexity index is 488. The highest BCUT2D eigenvalue weighted by Gasteiger charge is 2.10. The summed E-state index contributed by atoms with van der Waals surface area (Å²) in [7, 11) is 0. The van der Waals surface area contributed by atoms with E-state index in [1.165, 1.54) is 11.8 Å². The fourth-order valence-electron chi connectivity index (χ4n) is 1.04. The van der Waals surface area contributed by atoms with E-state index in [0.29, 0.717) is 20.9 Å². The van der Waals surface area contributed by atoms with Gasteiger partial charge in [0.1, 0.15) is 5.03 Å². The third kappa shape index (κ3) is 2.61. The molecule has 0 aromatic carbocycles. The Hall–Kier alpha value is -0.460. The summed E-state index contributed by atoms with van der Waals surface area (Å²) >= 11 is 15.0. The summed E-state index contributed by atoms with van der Waals surface area (Å²) in [6.07, 6.45) is 0. The highest BCUT2D eigenvalue weighted by molar-refractivity contribution is 8.01. The van der Waals surface area contributed by atoms with E-state index in [-0.39, 0.29) is 0 Å². The fraction of sp³-hybridized carbons (Fsp3) is 0.